The molecule has 1 atom stereocenters. The van der Waals surface area contributed by atoms with Crippen LogP contribution in [0.1, 0.15) is 62.1 Å². The third kappa shape index (κ3) is 6.57. The summed E-state index contributed by atoms with van der Waals surface area (Å²) in [5.41, 5.74) is 3.03. The Hall–Kier alpha value is -2.33. The van der Waals surface area contributed by atoms with E-state index >= 15 is 0 Å². The van der Waals surface area contributed by atoms with Crippen LogP contribution in [0.4, 0.5) is 0 Å². The highest BCUT2D eigenvalue weighted by Crippen LogP contribution is 2.21. The Labute approximate surface area is 191 Å². The van der Waals surface area contributed by atoms with Crippen LogP contribution < -0.4 is 5.32 Å². The van der Waals surface area contributed by atoms with E-state index < -0.39 is 6.04 Å². The molecule has 2 aromatic carbocycles. The second-order valence-corrected chi connectivity index (χ2v) is 8.96. The number of rotatable bonds is 8. The largest absolute Gasteiger partial charge is 0.352 e. The lowest BCUT2D eigenvalue weighted by atomic mass is 9.95. The van der Waals surface area contributed by atoms with Crippen LogP contribution in [0.5, 0.6) is 0 Å². The zero-order valence-electron chi connectivity index (χ0n) is 18.6. The average Bonchev–Trinajstić information content (AvgIpc) is 2.75. The fourth-order valence-corrected chi connectivity index (χ4v) is 4.57. The number of nitrogens with one attached hydrogen (secondary N) is 1. The van der Waals surface area contributed by atoms with Crippen molar-refractivity contribution in [2.75, 3.05) is 0 Å². The first-order valence-electron chi connectivity index (χ1n) is 11.4. The maximum absolute atomic E-state index is 13.4. The zero-order chi connectivity index (χ0) is 22.2. The van der Waals surface area contributed by atoms with Gasteiger partial charge in [0.15, 0.2) is 0 Å². The molecule has 31 heavy (non-hydrogen) atoms. The van der Waals surface area contributed by atoms with Crippen LogP contribution in [-0.2, 0) is 22.6 Å². The first kappa shape index (κ1) is 23.3. The molecule has 0 bridgehead atoms. The van der Waals surface area contributed by atoms with Crippen LogP contribution in [-0.4, -0.2) is 28.8 Å². The summed E-state index contributed by atoms with van der Waals surface area (Å²) in [6.07, 6.45) is 6.39. The van der Waals surface area contributed by atoms with Gasteiger partial charge in [0.05, 0.1) is 6.42 Å². The molecule has 0 spiro atoms. The summed E-state index contributed by atoms with van der Waals surface area (Å²) in [4.78, 5) is 28.4. The van der Waals surface area contributed by atoms with Crippen molar-refractivity contribution < 1.29 is 9.59 Å². The van der Waals surface area contributed by atoms with Crippen LogP contribution in [0, 0.1) is 6.92 Å². The van der Waals surface area contributed by atoms with Crippen molar-refractivity contribution in [2.24, 2.45) is 0 Å². The van der Waals surface area contributed by atoms with E-state index in [0.29, 0.717) is 18.0 Å². The maximum Gasteiger partial charge on any atom is 0.243 e. The highest BCUT2D eigenvalue weighted by Gasteiger charge is 2.30. The number of hydrogen-bond acceptors (Lipinski definition) is 2. The predicted molar refractivity (Wildman–Crippen MR) is 126 cm³/mol. The van der Waals surface area contributed by atoms with Crippen LogP contribution in [0.25, 0.3) is 0 Å². The summed E-state index contributed by atoms with van der Waals surface area (Å²) < 4.78 is 0. The fraction of sp³-hybridized carbons (Fsp3) is 0.462. The minimum atomic E-state index is -0.492. The molecular formula is C26H33ClN2O2. The number of hydrogen-bond donors (Lipinski definition) is 1. The van der Waals surface area contributed by atoms with E-state index in [-0.39, 0.29) is 24.3 Å². The third-order valence-corrected chi connectivity index (χ3v) is 6.42. The SMILES string of the molecule is CC[C@H](C(=O)NC1CCCCC1)N(Cc1ccccc1C)C(=O)Cc1cccc(Cl)c1. The molecule has 4 nitrogen and oxygen atoms in total. The van der Waals surface area contributed by atoms with Gasteiger partial charge in [0.2, 0.25) is 11.8 Å². The molecule has 0 radical (unpaired) electrons. The smallest absolute Gasteiger partial charge is 0.243 e. The number of nitrogens with zero attached hydrogens (tertiary/aromatic N) is 1. The van der Waals surface area contributed by atoms with Gasteiger partial charge in [0.1, 0.15) is 6.04 Å². The summed E-state index contributed by atoms with van der Waals surface area (Å²) in [5, 5.41) is 3.83. The van der Waals surface area contributed by atoms with Crippen molar-refractivity contribution in [1.82, 2.24) is 10.2 Å². The Morgan fingerprint density at radius 1 is 1.10 bits per heavy atom. The molecule has 1 aliphatic carbocycles. The van der Waals surface area contributed by atoms with E-state index in [1.54, 1.807) is 11.0 Å². The van der Waals surface area contributed by atoms with E-state index in [1.807, 2.05) is 56.3 Å². The van der Waals surface area contributed by atoms with Crippen molar-refractivity contribution in [3.63, 3.8) is 0 Å². The van der Waals surface area contributed by atoms with Crippen LogP contribution in [0.3, 0.4) is 0 Å². The van der Waals surface area contributed by atoms with Crippen LogP contribution >= 0.6 is 11.6 Å². The number of benzene rings is 2. The molecule has 0 heterocycles. The number of carbonyl (C=O) groups is 2. The molecule has 166 valence electrons. The van der Waals surface area contributed by atoms with E-state index in [9.17, 15) is 9.59 Å². The Bertz CT molecular complexity index is 892. The quantitative estimate of drug-likeness (QED) is 0.593. The summed E-state index contributed by atoms with van der Waals surface area (Å²) in [6, 6.07) is 15.1. The van der Waals surface area contributed by atoms with Gasteiger partial charge in [-0.25, -0.2) is 0 Å². The number of aryl methyl sites for hydroxylation is 1. The van der Waals surface area contributed by atoms with Crippen LogP contribution in [0.15, 0.2) is 48.5 Å². The Kier molecular flexibility index (Phi) is 8.53. The number of amides is 2. The Balaban J connectivity index is 1.82. The monoisotopic (exact) mass is 440 g/mol. The van der Waals surface area contributed by atoms with E-state index in [0.717, 1.165) is 42.4 Å². The summed E-state index contributed by atoms with van der Waals surface area (Å²) in [7, 11) is 0. The van der Waals surface area contributed by atoms with Gasteiger partial charge >= 0.3 is 0 Å². The zero-order valence-corrected chi connectivity index (χ0v) is 19.3. The number of halogens is 1. The van der Waals surface area contributed by atoms with Gasteiger partial charge in [-0.05, 0) is 55.0 Å². The standard InChI is InChI=1S/C26H33ClN2O2/c1-3-24(26(31)28-23-14-5-4-6-15-23)29(18-21-12-8-7-10-19(21)2)25(30)17-20-11-9-13-22(27)16-20/h7-13,16,23-24H,3-6,14-15,17-18H2,1-2H3,(H,28,31)/t24-/m1/s1. The molecule has 1 N–H and O–H groups in total. The lowest BCUT2D eigenvalue weighted by Crippen LogP contribution is -2.52. The second kappa shape index (κ2) is 11.3. The highest BCUT2D eigenvalue weighted by atomic mass is 35.5. The first-order chi connectivity index (χ1) is 15.0. The van der Waals surface area contributed by atoms with Gasteiger partial charge in [-0.3, -0.25) is 9.59 Å². The molecule has 0 saturated heterocycles. The van der Waals surface area contributed by atoms with Crippen molar-refractivity contribution in [3.8, 4) is 0 Å². The molecule has 0 aliphatic heterocycles. The lowest BCUT2D eigenvalue weighted by molar-refractivity contribution is -0.141. The second-order valence-electron chi connectivity index (χ2n) is 8.52. The van der Waals surface area contributed by atoms with Gasteiger partial charge in [-0.1, -0.05) is 74.2 Å². The Morgan fingerprint density at radius 3 is 2.52 bits per heavy atom. The molecule has 3 rings (SSSR count). The van der Waals surface area contributed by atoms with Gasteiger partial charge in [0, 0.05) is 17.6 Å². The third-order valence-electron chi connectivity index (χ3n) is 6.18. The van der Waals surface area contributed by atoms with Gasteiger partial charge in [0.25, 0.3) is 0 Å². The molecule has 0 unspecified atom stereocenters. The van der Waals surface area contributed by atoms with Crippen LogP contribution in [0.2, 0.25) is 5.02 Å². The Morgan fingerprint density at radius 2 is 1.84 bits per heavy atom. The minimum absolute atomic E-state index is 0.0394. The summed E-state index contributed by atoms with van der Waals surface area (Å²) >= 11 is 6.12. The van der Waals surface area contributed by atoms with E-state index in [1.165, 1.54) is 6.42 Å². The van der Waals surface area contributed by atoms with Crippen molar-refractivity contribution in [3.05, 3.63) is 70.2 Å². The minimum Gasteiger partial charge on any atom is -0.352 e. The first-order valence-corrected chi connectivity index (χ1v) is 11.7. The van der Waals surface area contributed by atoms with Crippen molar-refractivity contribution in [2.45, 2.75) is 77.4 Å². The topological polar surface area (TPSA) is 49.4 Å². The molecular weight excluding hydrogens is 408 g/mol. The molecule has 2 aromatic rings. The molecule has 5 heteroatoms. The summed E-state index contributed by atoms with van der Waals surface area (Å²) in [6.45, 7) is 4.43. The predicted octanol–water partition coefficient (Wildman–Crippen LogP) is 5.45. The molecule has 1 fully saturated rings. The van der Waals surface area contributed by atoms with E-state index in [4.69, 9.17) is 11.6 Å². The molecule has 1 aliphatic rings. The van der Waals surface area contributed by atoms with Gasteiger partial charge < -0.3 is 10.2 Å². The maximum atomic E-state index is 13.4. The normalized spacial score (nSPS) is 15.3. The van der Waals surface area contributed by atoms with Crippen molar-refractivity contribution >= 4 is 23.4 Å². The molecule has 0 aromatic heterocycles. The van der Waals surface area contributed by atoms with E-state index in [2.05, 4.69) is 5.32 Å². The number of carbonyl (C=O) groups excluding carboxylic acids is 2. The fourth-order valence-electron chi connectivity index (χ4n) is 4.36. The van der Waals surface area contributed by atoms with Crippen molar-refractivity contribution in [1.29, 1.82) is 0 Å². The van der Waals surface area contributed by atoms with Gasteiger partial charge in [-0.15, -0.1) is 0 Å². The average molecular weight is 441 g/mol. The highest BCUT2D eigenvalue weighted by molar-refractivity contribution is 6.30. The molecule has 2 amide bonds. The lowest BCUT2D eigenvalue weighted by Gasteiger charge is -2.33. The van der Waals surface area contributed by atoms with Gasteiger partial charge in [-0.2, -0.15) is 0 Å². The molecule has 1 saturated carbocycles. The summed E-state index contributed by atoms with van der Waals surface area (Å²) in [5.74, 6) is -0.0985.